The third-order valence-electron chi connectivity index (χ3n) is 2.39. The first-order chi connectivity index (χ1) is 8.02. The van der Waals surface area contributed by atoms with Crippen molar-refractivity contribution < 1.29 is 13.2 Å². The van der Waals surface area contributed by atoms with Crippen molar-refractivity contribution in [3.8, 4) is 0 Å². The van der Waals surface area contributed by atoms with Gasteiger partial charge in [0.2, 0.25) is 10.0 Å². The van der Waals surface area contributed by atoms with Crippen molar-refractivity contribution in [3.05, 3.63) is 24.3 Å². The summed E-state index contributed by atoms with van der Waals surface area (Å²) in [5, 5.41) is 0. The van der Waals surface area contributed by atoms with E-state index in [9.17, 15) is 8.42 Å². The molecular formula is C11H18N2O3S. The quantitative estimate of drug-likeness (QED) is 0.770. The second kappa shape index (κ2) is 6.00. The summed E-state index contributed by atoms with van der Waals surface area (Å²) in [4.78, 5) is 0.218. The highest BCUT2D eigenvalue weighted by Gasteiger charge is 2.22. The molecule has 0 aliphatic heterocycles. The maximum Gasteiger partial charge on any atom is 0.243 e. The Morgan fingerprint density at radius 1 is 1.41 bits per heavy atom. The van der Waals surface area contributed by atoms with Crippen LogP contribution in [0.3, 0.4) is 0 Å². The zero-order valence-electron chi connectivity index (χ0n) is 10.1. The predicted molar refractivity (Wildman–Crippen MR) is 67.2 cm³/mol. The molecule has 0 fully saturated rings. The third-order valence-corrected chi connectivity index (χ3v) is 4.36. The van der Waals surface area contributed by atoms with Crippen molar-refractivity contribution in [1.82, 2.24) is 4.31 Å². The van der Waals surface area contributed by atoms with Crippen LogP contribution in [0.15, 0.2) is 29.2 Å². The highest BCUT2D eigenvalue weighted by molar-refractivity contribution is 7.89. The first kappa shape index (κ1) is 14.0. The molecule has 0 aliphatic rings. The maximum atomic E-state index is 12.2. The van der Waals surface area contributed by atoms with E-state index in [2.05, 4.69) is 0 Å². The molecule has 0 saturated carbocycles. The minimum absolute atomic E-state index is 0.218. The lowest BCUT2D eigenvalue weighted by Crippen LogP contribution is -2.33. The topological polar surface area (TPSA) is 72.6 Å². The van der Waals surface area contributed by atoms with Gasteiger partial charge in [0.25, 0.3) is 0 Å². The van der Waals surface area contributed by atoms with Gasteiger partial charge in [-0.3, -0.25) is 0 Å². The van der Waals surface area contributed by atoms with Gasteiger partial charge in [0.1, 0.15) is 0 Å². The van der Waals surface area contributed by atoms with Crippen LogP contribution in [0.2, 0.25) is 0 Å². The van der Waals surface area contributed by atoms with Gasteiger partial charge in [-0.15, -0.1) is 0 Å². The molecular weight excluding hydrogens is 240 g/mol. The fourth-order valence-electron chi connectivity index (χ4n) is 1.47. The Bertz CT molecular complexity index is 460. The van der Waals surface area contributed by atoms with Crippen LogP contribution in [0, 0.1) is 0 Å². The third kappa shape index (κ3) is 3.42. The molecule has 0 aliphatic carbocycles. The molecule has 0 heterocycles. The molecule has 0 bridgehead atoms. The predicted octanol–water partition coefficient (Wildman–Crippen LogP) is 0.926. The standard InChI is InChI=1S/C11H18N2O3S/c1-3-13(7-8-16-2)17(14,15)11-6-4-5-10(12)9-11/h4-6,9H,3,7-8,12H2,1-2H3. The lowest BCUT2D eigenvalue weighted by atomic mass is 10.3. The van der Waals surface area contributed by atoms with Crippen molar-refractivity contribution in [2.45, 2.75) is 11.8 Å². The molecule has 17 heavy (non-hydrogen) atoms. The number of hydrogen-bond acceptors (Lipinski definition) is 4. The number of likely N-dealkylation sites (N-methyl/N-ethyl adjacent to an activating group) is 1. The Kier molecular flexibility index (Phi) is 4.92. The smallest absolute Gasteiger partial charge is 0.243 e. The van der Waals surface area contributed by atoms with Gasteiger partial charge in [-0.05, 0) is 18.2 Å². The molecule has 0 aromatic heterocycles. The zero-order valence-corrected chi connectivity index (χ0v) is 10.9. The first-order valence-electron chi connectivity index (χ1n) is 5.37. The highest BCUT2D eigenvalue weighted by atomic mass is 32.2. The van der Waals surface area contributed by atoms with E-state index in [1.54, 1.807) is 32.2 Å². The van der Waals surface area contributed by atoms with E-state index in [4.69, 9.17) is 10.5 Å². The molecule has 1 aromatic carbocycles. The van der Waals surface area contributed by atoms with E-state index in [0.717, 1.165) is 0 Å². The zero-order chi connectivity index (χ0) is 12.9. The largest absolute Gasteiger partial charge is 0.399 e. The van der Waals surface area contributed by atoms with Crippen LogP contribution in [-0.2, 0) is 14.8 Å². The van der Waals surface area contributed by atoms with Gasteiger partial charge >= 0.3 is 0 Å². The molecule has 1 aromatic rings. The molecule has 0 atom stereocenters. The van der Waals surface area contributed by atoms with E-state index in [1.807, 2.05) is 0 Å². The lowest BCUT2D eigenvalue weighted by Gasteiger charge is -2.20. The Balaban J connectivity index is 3.00. The minimum Gasteiger partial charge on any atom is -0.399 e. The second-order valence-corrected chi connectivity index (χ2v) is 5.50. The van der Waals surface area contributed by atoms with Gasteiger partial charge in [0.15, 0.2) is 0 Å². The summed E-state index contributed by atoms with van der Waals surface area (Å²) in [5.74, 6) is 0. The van der Waals surface area contributed by atoms with E-state index in [1.165, 1.54) is 10.4 Å². The van der Waals surface area contributed by atoms with Gasteiger partial charge in [0, 0.05) is 25.9 Å². The molecule has 96 valence electrons. The molecule has 0 saturated heterocycles. The number of rotatable bonds is 6. The fraction of sp³-hybridized carbons (Fsp3) is 0.455. The Morgan fingerprint density at radius 2 is 2.12 bits per heavy atom. The van der Waals surface area contributed by atoms with E-state index < -0.39 is 10.0 Å². The molecule has 6 heteroatoms. The number of nitrogen functional groups attached to an aromatic ring is 1. The number of sulfonamides is 1. The van der Waals surface area contributed by atoms with Crippen molar-refractivity contribution in [2.75, 3.05) is 32.5 Å². The maximum absolute atomic E-state index is 12.2. The highest BCUT2D eigenvalue weighted by Crippen LogP contribution is 2.17. The van der Waals surface area contributed by atoms with Crippen molar-refractivity contribution in [1.29, 1.82) is 0 Å². The van der Waals surface area contributed by atoms with Crippen molar-refractivity contribution in [2.24, 2.45) is 0 Å². The molecule has 2 N–H and O–H groups in total. The lowest BCUT2D eigenvalue weighted by molar-refractivity contribution is 0.180. The molecule has 1 rings (SSSR count). The molecule has 0 unspecified atom stereocenters. The van der Waals surface area contributed by atoms with E-state index in [0.29, 0.717) is 25.4 Å². The van der Waals surface area contributed by atoms with Crippen LogP contribution < -0.4 is 5.73 Å². The van der Waals surface area contributed by atoms with Crippen LogP contribution in [0.1, 0.15) is 6.92 Å². The number of hydrogen-bond donors (Lipinski definition) is 1. The Morgan fingerprint density at radius 3 is 2.65 bits per heavy atom. The molecule has 0 spiro atoms. The summed E-state index contributed by atoms with van der Waals surface area (Å²) in [7, 11) is -1.93. The SMILES string of the molecule is CCN(CCOC)S(=O)(=O)c1cccc(N)c1. The van der Waals surface area contributed by atoms with Crippen LogP contribution in [-0.4, -0.2) is 39.5 Å². The Labute approximate surface area is 102 Å². The monoisotopic (exact) mass is 258 g/mol. The average molecular weight is 258 g/mol. The summed E-state index contributed by atoms with van der Waals surface area (Å²) in [6.45, 7) is 2.90. The summed E-state index contributed by atoms with van der Waals surface area (Å²) in [6, 6.07) is 6.29. The summed E-state index contributed by atoms with van der Waals surface area (Å²) in [5.41, 5.74) is 6.03. The van der Waals surface area contributed by atoms with Crippen LogP contribution in [0.4, 0.5) is 5.69 Å². The van der Waals surface area contributed by atoms with Gasteiger partial charge in [-0.2, -0.15) is 4.31 Å². The van der Waals surface area contributed by atoms with Gasteiger partial charge in [0.05, 0.1) is 11.5 Å². The van der Waals surface area contributed by atoms with Crippen molar-refractivity contribution >= 4 is 15.7 Å². The number of nitrogens with zero attached hydrogens (tertiary/aromatic N) is 1. The Hall–Kier alpha value is -1.11. The summed E-state index contributed by atoms with van der Waals surface area (Å²) < 4.78 is 30.7. The van der Waals surface area contributed by atoms with E-state index in [-0.39, 0.29) is 4.90 Å². The van der Waals surface area contributed by atoms with Gasteiger partial charge < -0.3 is 10.5 Å². The van der Waals surface area contributed by atoms with Crippen molar-refractivity contribution in [3.63, 3.8) is 0 Å². The van der Waals surface area contributed by atoms with E-state index >= 15 is 0 Å². The fourth-order valence-corrected chi connectivity index (χ4v) is 2.95. The first-order valence-corrected chi connectivity index (χ1v) is 6.81. The number of ether oxygens (including phenoxy) is 1. The molecule has 5 nitrogen and oxygen atoms in total. The normalized spacial score (nSPS) is 11.9. The van der Waals surface area contributed by atoms with Gasteiger partial charge in [-0.1, -0.05) is 13.0 Å². The second-order valence-electron chi connectivity index (χ2n) is 3.56. The molecule has 0 amide bonds. The molecule has 0 radical (unpaired) electrons. The summed E-state index contributed by atoms with van der Waals surface area (Å²) >= 11 is 0. The van der Waals surface area contributed by atoms with Crippen LogP contribution in [0.25, 0.3) is 0 Å². The van der Waals surface area contributed by atoms with Crippen LogP contribution >= 0.6 is 0 Å². The number of methoxy groups -OCH3 is 1. The number of benzene rings is 1. The average Bonchev–Trinajstić information content (AvgIpc) is 2.30. The number of anilines is 1. The number of nitrogens with two attached hydrogens (primary N) is 1. The van der Waals surface area contributed by atoms with Crippen LogP contribution in [0.5, 0.6) is 0 Å². The summed E-state index contributed by atoms with van der Waals surface area (Å²) in [6.07, 6.45) is 0. The minimum atomic E-state index is -3.47. The van der Waals surface area contributed by atoms with Gasteiger partial charge in [-0.25, -0.2) is 8.42 Å².